The highest BCUT2D eigenvalue weighted by Crippen LogP contribution is 2.23. The van der Waals surface area contributed by atoms with Gasteiger partial charge in [0.05, 0.1) is 0 Å². The molecule has 0 aliphatic heterocycles. The van der Waals surface area contributed by atoms with Crippen LogP contribution in [0.5, 0.6) is 0 Å². The molecule has 0 aliphatic rings. The fourth-order valence-corrected chi connectivity index (χ4v) is 1.80. The smallest absolute Gasteiger partial charge is 0.232 e. The number of nitrogens with zero attached hydrogens (tertiary/aromatic N) is 1. The molecule has 5 nitrogen and oxygen atoms in total. The molecule has 0 radical (unpaired) electrons. The highest BCUT2D eigenvalue weighted by molar-refractivity contribution is 5.79. The molecule has 3 aromatic rings. The third-order valence-corrected chi connectivity index (χ3v) is 2.70. The van der Waals surface area contributed by atoms with Gasteiger partial charge in [-0.15, -0.1) is 0 Å². The zero-order chi connectivity index (χ0) is 12.7. The standard InChI is InChI=1S/C13H11N3O2/c1-7-4-11(17)9(6-15-7)13-16-10-5-8(14)2-3-12(10)18-13/h2-6H,14H2,1H3,(H,15,17). The van der Waals surface area contributed by atoms with Crippen molar-refractivity contribution in [2.24, 2.45) is 0 Å². The van der Waals surface area contributed by atoms with Gasteiger partial charge in [0.1, 0.15) is 11.1 Å². The van der Waals surface area contributed by atoms with E-state index in [0.29, 0.717) is 28.2 Å². The first-order valence-electron chi connectivity index (χ1n) is 5.49. The molecule has 3 rings (SSSR count). The number of oxazole rings is 1. The topological polar surface area (TPSA) is 84.9 Å². The van der Waals surface area contributed by atoms with Gasteiger partial charge in [-0.05, 0) is 25.1 Å². The number of aromatic nitrogens is 2. The van der Waals surface area contributed by atoms with Gasteiger partial charge in [0.2, 0.25) is 5.89 Å². The fourth-order valence-electron chi connectivity index (χ4n) is 1.80. The number of nitrogens with two attached hydrogens (primary N) is 1. The first-order chi connectivity index (χ1) is 8.63. The normalized spacial score (nSPS) is 10.9. The molecule has 0 bridgehead atoms. The molecule has 0 saturated carbocycles. The number of hydrogen-bond donors (Lipinski definition) is 2. The van der Waals surface area contributed by atoms with Crippen molar-refractivity contribution in [2.75, 3.05) is 5.73 Å². The maximum absolute atomic E-state index is 11.8. The molecular formula is C13H11N3O2. The Bertz CT molecular complexity index is 786. The molecule has 0 spiro atoms. The molecule has 90 valence electrons. The van der Waals surface area contributed by atoms with E-state index in [4.69, 9.17) is 10.2 Å². The van der Waals surface area contributed by atoms with Crippen molar-refractivity contribution in [2.45, 2.75) is 6.92 Å². The van der Waals surface area contributed by atoms with E-state index in [0.717, 1.165) is 5.69 Å². The molecule has 1 aromatic carbocycles. The van der Waals surface area contributed by atoms with E-state index in [1.54, 1.807) is 24.4 Å². The van der Waals surface area contributed by atoms with Crippen molar-refractivity contribution in [1.29, 1.82) is 0 Å². The lowest BCUT2D eigenvalue weighted by Crippen LogP contribution is -2.04. The van der Waals surface area contributed by atoms with Crippen LogP contribution in [-0.2, 0) is 0 Å². The Morgan fingerprint density at radius 2 is 2.17 bits per heavy atom. The fraction of sp³-hybridized carbons (Fsp3) is 0.0769. The summed E-state index contributed by atoms with van der Waals surface area (Å²) in [4.78, 5) is 19.1. The second-order valence-corrected chi connectivity index (χ2v) is 4.14. The van der Waals surface area contributed by atoms with Crippen LogP contribution in [0.25, 0.3) is 22.6 Å². The second kappa shape index (κ2) is 3.73. The van der Waals surface area contributed by atoms with Crippen LogP contribution < -0.4 is 11.2 Å². The molecule has 0 unspecified atom stereocenters. The largest absolute Gasteiger partial charge is 0.436 e. The Kier molecular flexibility index (Phi) is 2.19. The SMILES string of the molecule is Cc1cc(=O)c(-c2nc3cc(N)ccc3o2)c[nH]1. The van der Waals surface area contributed by atoms with Crippen LogP contribution in [-0.4, -0.2) is 9.97 Å². The number of aryl methyl sites for hydroxylation is 1. The first-order valence-corrected chi connectivity index (χ1v) is 5.49. The highest BCUT2D eigenvalue weighted by atomic mass is 16.3. The summed E-state index contributed by atoms with van der Waals surface area (Å²) in [6, 6.07) is 6.70. The number of aromatic amines is 1. The summed E-state index contributed by atoms with van der Waals surface area (Å²) in [5.74, 6) is 0.303. The number of pyridine rings is 1. The Morgan fingerprint density at radius 3 is 2.94 bits per heavy atom. The Morgan fingerprint density at radius 1 is 1.33 bits per heavy atom. The van der Waals surface area contributed by atoms with Crippen LogP contribution in [0.15, 0.2) is 39.7 Å². The van der Waals surface area contributed by atoms with Crippen LogP contribution in [0.2, 0.25) is 0 Å². The Hall–Kier alpha value is -2.56. The van der Waals surface area contributed by atoms with Crippen molar-refractivity contribution in [3.05, 3.63) is 46.4 Å². The maximum Gasteiger partial charge on any atom is 0.232 e. The maximum atomic E-state index is 11.8. The zero-order valence-electron chi connectivity index (χ0n) is 9.73. The van der Waals surface area contributed by atoms with Crippen LogP contribution in [0.3, 0.4) is 0 Å². The van der Waals surface area contributed by atoms with E-state index >= 15 is 0 Å². The van der Waals surface area contributed by atoms with E-state index in [-0.39, 0.29) is 5.43 Å². The lowest BCUT2D eigenvalue weighted by atomic mass is 10.2. The van der Waals surface area contributed by atoms with Crippen LogP contribution in [0.4, 0.5) is 5.69 Å². The average Bonchev–Trinajstić information content (AvgIpc) is 2.71. The molecule has 0 fully saturated rings. The van der Waals surface area contributed by atoms with Gasteiger partial charge in [-0.25, -0.2) is 4.98 Å². The van der Waals surface area contributed by atoms with Gasteiger partial charge >= 0.3 is 0 Å². The minimum Gasteiger partial charge on any atom is -0.436 e. The molecule has 2 aromatic heterocycles. The van der Waals surface area contributed by atoms with E-state index in [1.807, 2.05) is 6.92 Å². The molecule has 0 aliphatic carbocycles. The number of rotatable bonds is 1. The van der Waals surface area contributed by atoms with Crippen molar-refractivity contribution in [3.63, 3.8) is 0 Å². The highest BCUT2D eigenvalue weighted by Gasteiger charge is 2.11. The summed E-state index contributed by atoms with van der Waals surface area (Å²) in [6.07, 6.45) is 1.60. The zero-order valence-corrected chi connectivity index (χ0v) is 9.73. The van der Waals surface area contributed by atoms with Crippen molar-refractivity contribution < 1.29 is 4.42 Å². The van der Waals surface area contributed by atoms with E-state index in [9.17, 15) is 4.79 Å². The molecule has 0 amide bonds. The molecule has 2 heterocycles. The number of fused-ring (bicyclic) bond motifs is 1. The first kappa shape index (κ1) is 10.6. The molecule has 0 atom stereocenters. The molecule has 3 N–H and O–H groups in total. The van der Waals surface area contributed by atoms with Crippen molar-refractivity contribution in [3.8, 4) is 11.5 Å². The molecule has 0 saturated heterocycles. The van der Waals surface area contributed by atoms with Crippen LogP contribution >= 0.6 is 0 Å². The number of nitrogen functional groups attached to an aromatic ring is 1. The lowest BCUT2D eigenvalue weighted by Gasteiger charge is -1.95. The monoisotopic (exact) mass is 241 g/mol. The molecule has 5 heteroatoms. The Balaban J connectivity index is 2.22. The lowest BCUT2D eigenvalue weighted by molar-refractivity contribution is 0.618. The van der Waals surface area contributed by atoms with E-state index in [1.165, 1.54) is 6.07 Å². The average molecular weight is 241 g/mol. The van der Waals surface area contributed by atoms with Crippen molar-refractivity contribution >= 4 is 16.8 Å². The van der Waals surface area contributed by atoms with Crippen LogP contribution in [0.1, 0.15) is 5.69 Å². The van der Waals surface area contributed by atoms with Crippen molar-refractivity contribution in [1.82, 2.24) is 9.97 Å². The van der Waals surface area contributed by atoms with Gasteiger partial charge in [0.15, 0.2) is 11.0 Å². The van der Waals surface area contributed by atoms with E-state index in [2.05, 4.69) is 9.97 Å². The summed E-state index contributed by atoms with van der Waals surface area (Å²) in [7, 11) is 0. The van der Waals surface area contributed by atoms with Gasteiger partial charge in [0.25, 0.3) is 0 Å². The number of anilines is 1. The van der Waals surface area contributed by atoms with Gasteiger partial charge < -0.3 is 15.1 Å². The number of benzene rings is 1. The number of hydrogen-bond acceptors (Lipinski definition) is 4. The molecule has 18 heavy (non-hydrogen) atoms. The minimum absolute atomic E-state index is 0.120. The third kappa shape index (κ3) is 1.66. The number of nitrogens with one attached hydrogen (secondary N) is 1. The quantitative estimate of drug-likeness (QED) is 0.639. The summed E-state index contributed by atoms with van der Waals surface area (Å²) in [5.41, 5.74) is 8.63. The van der Waals surface area contributed by atoms with Crippen LogP contribution in [0, 0.1) is 6.92 Å². The van der Waals surface area contributed by atoms with E-state index < -0.39 is 0 Å². The predicted octanol–water partition coefficient (Wildman–Crippen LogP) is 2.07. The predicted molar refractivity (Wildman–Crippen MR) is 69.2 cm³/mol. The van der Waals surface area contributed by atoms with Gasteiger partial charge in [-0.2, -0.15) is 0 Å². The minimum atomic E-state index is -0.120. The summed E-state index contributed by atoms with van der Waals surface area (Å²) < 4.78 is 5.54. The second-order valence-electron chi connectivity index (χ2n) is 4.14. The van der Waals surface area contributed by atoms with Gasteiger partial charge in [-0.3, -0.25) is 4.79 Å². The Labute approximate surface area is 102 Å². The summed E-state index contributed by atoms with van der Waals surface area (Å²) in [6.45, 7) is 1.82. The summed E-state index contributed by atoms with van der Waals surface area (Å²) in [5, 5.41) is 0. The molecular weight excluding hydrogens is 230 g/mol. The summed E-state index contributed by atoms with van der Waals surface area (Å²) >= 11 is 0. The van der Waals surface area contributed by atoms with Gasteiger partial charge in [0, 0.05) is 23.6 Å². The van der Waals surface area contributed by atoms with Gasteiger partial charge in [-0.1, -0.05) is 0 Å². The third-order valence-electron chi connectivity index (χ3n) is 2.70. The number of H-pyrrole nitrogens is 1.